The molecule has 0 atom stereocenters. The van der Waals surface area contributed by atoms with Gasteiger partial charge in [0.15, 0.2) is 0 Å². The summed E-state index contributed by atoms with van der Waals surface area (Å²) in [6.07, 6.45) is 0. The lowest BCUT2D eigenvalue weighted by atomic mass is 9.93. The van der Waals surface area contributed by atoms with Crippen LogP contribution in [-0.4, -0.2) is 9.78 Å². The van der Waals surface area contributed by atoms with Crippen molar-refractivity contribution in [3.63, 3.8) is 0 Å². The molecule has 0 radical (unpaired) electrons. The van der Waals surface area contributed by atoms with Gasteiger partial charge in [0, 0.05) is 5.41 Å². The molecular formula is C15H19ClN2. The summed E-state index contributed by atoms with van der Waals surface area (Å²) in [6, 6.07) is 10.4. The van der Waals surface area contributed by atoms with Gasteiger partial charge in [0.25, 0.3) is 0 Å². The molecule has 18 heavy (non-hydrogen) atoms. The van der Waals surface area contributed by atoms with E-state index in [1.165, 1.54) is 11.1 Å². The molecule has 2 aromatic rings. The van der Waals surface area contributed by atoms with E-state index in [1.807, 2.05) is 10.7 Å². The topological polar surface area (TPSA) is 17.8 Å². The normalized spacial score (nSPS) is 11.8. The average Bonchev–Trinajstić information content (AvgIpc) is 2.63. The molecule has 0 N–H and O–H groups in total. The van der Waals surface area contributed by atoms with Crippen molar-refractivity contribution in [3.8, 4) is 0 Å². The van der Waals surface area contributed by atoms with Gasteiger partial charge in [0.1, 0.15) is 5.15 Å². The quantitative estimate of drug-likeness (QED) is 0.794. The molecule has 96 valence electrons. The molecule has 0 unspecified atom stereocenters. The zero-order valence-electron chi connectivity index (χ0n) is 11.4. The van der Waals surface area contributed by atoms with Crippen molar-refractivity contribution < 1.29 is 0 Å². The molecule has 3 heteroatoms. The molecule has 0 fully saturated rings. The summed E-state index contributed by atoms with van der Waals surface area (Å²) < 4.78 is 1.85. The average molecular weight is 263 g/mol. The van der Waals surface area contributed by atoms with E-state index in [4.69, 9.17) is 11.6 Å². The fourth-order valence-corrected chi connectivity index (χ4v) is 1.94. The highest BCUT2D eigenvalue weighted by atomic mass is 35.5. The van der Waals surface area contributed by atoms with Crippen LogP contribution >= 0.6 is 11.6 Å². The molecule has 0 saturated carbocycles. The number of aromatic nitrogens is 2. The lowest BCUT2D eigenvalue weighted by molar-refractivity contribution is 0.545. The van der Waals surface area contributed by atoms with Crippen molar-refractivity contribution in [3.05, 3.63) is 52.3 Å². The van der Waals surface area contributed by atoms with Crippen LogP contribution in [0.5, 0.6) is 0 Å². The minimum atomic E-state index is 0.0299. The van der Waals surface area contributed by atoms with Gasteiger partial charge in [-0.15, -0.1) is 0 Å². The molecular weight excluding hydrogens is 244 g/mol. The fraction of sp³-hybridized carbons (Fsp3) is 0.400. The zero-order valence-corrected chi connectivity index (χ0v) is 12.1. The first-order valence-electron chi connectivity index (χ1n) is 6.15. The van der Waals surface area contributed by atoms with Crippen LogP contribution < -0.4 is 0 Å². The van der Waals surface area contributed by atoms with Crippen LogP contribution in [0.15, 0.2) is 30.3 Å². The van der Waals surface area contributed by atoms with Crippen molar-refractivity contribution >= 4 is 11.6 Å². The van der Waals surface area contributed by atoms with Crippen molar-refractivity contribution in [1.29, 1.82) is 0 Å². The first-order chi connectivity index (χ1) is 8.36. The van der Waals surface area contributed by atoms with E-state index < -0.39 is 0 Å². The third-order valence-corrected chi connectivity index (χ3v) is 3.26. The van der Waals surface area contributed by atoms with E-state index in [-0.39, 0.29) is 5.41 Å². The zero-order chi connectivity index (χ0) is 13.3. The molecule has 2 rings (SSSR count). The summed E-state index contributed by atoms with van der Waals surface area (Å²) in [5.41, 5.74) is 3.54. The summed E-state index contributed by atoms with van der Waals surface area (Å²) in [6.45, 7) is 9.23. The van der Waals surface area contributed by atoms with Crippen molar-refractivity contribution in [2.75, 3.05) is 0 Å². The smallest absolute Gasteiger partial charge is 0.127 e. The minimum absolute atomic E-state index is 0.0299. The number of rotatable bonds is 2. The second kappa shape index (κ2) is 4.77. The fourth-order valence-electron chi connectivity index (χ4n) is 1.74. The Morgan fingerprint density at radius 2 is 1.78 bits per heavy atom. The third kappa shape index (κ3) is 2.94. The Kier molecular flexibility index (Phi) is 3.49. The number of hydrogen-bond acceptors (Lipinski definition) is 1. The Bertz CT molecular complexity index is 533. The largest absolute Gasteiger partial charge is 0.249 e. The number of nitrogens with zero attached hydrogens (tertiary/aromatic N) is 2. The van der Waals surface area contributed by atoms with Gasteiger partial charge in [0.05, 0.1) is 12.2 Å². The van der Waals surface area contributed by atoms with Gasteiger partial charge in [-0.1, -0.05) is 62.2 Å². The van der Waals surface area contributed by atoms with Crippen LogP contribution in [0.3, 0.4) is 0 Å². The lowest BCUT2D eigenvalue weighted by Crippen LogP contribution is -2.13. The predicted molar refractivity (Wildman–Crippen MR) is 76.2 cm³/mol. The predicted octanol–water partition coefficient (Wildman–Crippen LogP) is 4.19. The SMILES string of the molecule is Cc1ccc(Cn2nc(C(C)(C)C)cc2Cl)cc1. The van der Waals surface area contributed by atoms with Crippen LogP contribution in [-0.2, 0) is 12.0 Å². The number of hydrogen-bond donors (Lipinski definition) is 0. The van der Waals surface area contributed by atoms with E-state index in [2.05, 4.69) is 57.1 Å². The van der Waals surface area contributed by atoms with Crippen LogP contribution in [0.25, 0.3) is 0 Å². The standard InChI is InChI=1S/C15H19ClN2/c1-11-5-7-12(8-6-11)10-18-14(16)9-13(17-18)15(2,3)4/h5-9H,10H2,1-4H3. The Morgan fingerprint density at radius 3 is 2.28 bits per heavy atom. The van der Waals surface area contributed by atoms with Crippen LogP contribution in [0.1, 0.15) is 37.6 Å². The van der Waals surface area contributed by atoms with E-state index in [0.29, 0.717) is 5.15 Å². The van der Waals surface area contributed by atoms with E-state index in [1.54, 1.807) is 0 Å². The van der Waals surface area contributed by atoms with Gasteiger partial charge < -0.3 is 0 Å². The molecule has 0 spiro atoms. The Morgan fingerprint density at radius 1 is 1.17 bits per heavy atom. The van der Waals surface area contributed by atoms with E-state index in [0.717, 1.165) is 12.2 Å². The van der Waals surface area contributed by atoms with Gasteiger partial charge >= 0.3 is 0 Å². The Labute approximate surface area is 114 Å². The minimum Gasteiger partial charge on any atom is -0.249 e. The van der Waals surface area contributed by atoms with E-state index in [9.17, 15) is 0 Å². The highest BCUT2D eigenvalue weighted by molar-refractivity contribution is 6.29. The van der Waals surface area contributed by atoms with Gasteiger partial charge in [-0.3, -0.25) is 0 Å². The summed E-state index contributed by atoms with van der Waals surface area (Å²) in [5.74, 6) is 0. The van der Waals surface area contributed by atoms with E-state index >= 15 is 0 Å². The second-order valence-electron chi connectivity index (χ2n) is 5.75. The Hall–Kier alpha value is -1.28. The number of halogens is 1. The van der Waals surface area contributed by atoms with Crippen molar-refractivity contribution in [1.82, 2.24) is 9.78 Å². The van der Waals surface area contributed by atoms with Gasteiger partial charge in [0.2, 0.25) is 0 Å². The molecule has 1 heterocycles. The second-order valence-corrected chi connectivity index (χ2v) is 6.13. The maximum atomic E-state index is 6.23. The van der Waals surface area contributed by atoms with Gasteiger partial charge in [-0.05, 0) is 18.6 Å². The van der Waals surface area contributed by atoms with Crippen LogP contribution in [0.2, 0.25) is 5.15 Å². The van der Waals surface area contributed by atoms with Crippen molar-refractivity contribution in [2.45, 2.75) is 39.7 Å². The monoisotopic (exact) mass is 262 g/mol. The molecule has 0 saturated heterocycles. The molecule has 0 aliphatic heterocycles. The molecule has 2 nitrogen and oxygen atoms in total. The summed E-state index contributed by atoms with van der Waals surface area (Å²) in [4.78, 5) is 0. The maximum Gasteiger partial charge on any atom is 0.127 e. The van der Waals surface area contributed by atoms with Crippen LogP contribution in [0.4, 0.5) is 0 Å². The van der Waals surface area contributed by atoms with Crippen LogP contribution in [0, 0.1) is 6.92 Å². The summed E-state index contributed by atoms with van der Waals surface area (Å²) >= 11 is 6.23. The lowest BCUT2D eigenvalue weighted by Gasteiger charge is -2.14. The molecule has 1 aromatic heterocycles. The molecule has 0 amide bonds. The molecule has 0 bridgehead atoms. The maximum absolute atomic E-state index is 6.23. The van der Waals surface area contributed by atoms with Crippen molar-refractivity contribution in [2.24, 2.45) is 0 Å². The third-order valence-electron chi connectivity index (χ3n) is 2.95. The summed E-state index contributed by atoms with van der Waals surface area (Å²) in [7, 11) is 0. The molecule has 0 aliphatic carbocycles. The van der Waals surface area contributed by atoms with Gasteiger partial charge in [-0.2, -0.15) is 5.10 Å². The number of benzene rings is 1. The Balaban J connectivity index is 2.24. The number of aryl methyl sites for hydroxylation is 1. The first kappa shape index (κ1) is 13.2. The summed E-state index contributed by atoms with van der Waals surface area (Å²) in [5, 5.41) is 5.28. The molecule has 0 aliphatic rings. The highest BCUT2D eigenvalue weighted by Crippen LogP contribution is 2.24. The van der Waals surface area contributed by atoms with Gasteiger partial charge in [-0.25, -0.2) is 4.68 Å². The molecule has 1 aromatic carbocycles. The first-order valence-corrected chi connectivity index (χ1v) is 6.53. The highest BCUT2D eigenvalue weighted by Gasteiger charge is 2.19.